The van der Waals surface area contributed by atoms with Gasteiger partial charge in [0.1, 0.15) is 23.4 Å². The smallest absolute Gasteiger partial charge is 0.410 e. The zero-order chi connectivity index (χ0) is 79.3. The molecule has 6 heterocycles. The number of carbonyl (C=O) groups is 9. The fourth-order valence-corrected chi connectivity index (χ4v) is 21.4. The van der Waals surface area contributed by atoms with Gasteiger partial charge >= 0.3 is 18.0 Å². The number of amides is 5. The fourth-order valence-electron chi connectivity index (χ4n) is 18.7. The average Bonchev–Trinajstić information content (AvgIpc) is 1.57. The van der Waals surface area contributed by atoms with Crippen LogP contribution in [-0.4, -0.2) is 153 Å². The van der Waals surface area contributed by atoms with Crippen LogP contribution in [0.4, 0.5) is 4.79 Å². The van der Waals surface area contributed by atoms with Crippen LogP contribution >= 0.6 is 0 Å². The minimum absolute atomic E-state index is 0.00102. The number of benzene rings is 2. The van der Waals surface area contributed by atoms with Crippen LogP contribution in [0.2, 0.25) is 0 Å². The summed E-state index contributed by atoms with van der Waals surface area (Å²) in [5, 5.41) is -0.141. The normalized spacial score (nSPS) is 33.4. The molecule has 27 heteroatoms. The van der Waals surface area contributed by atoms with E-state index in [0.29, 0.717) is 62.5 Å². The molecule has 7 saturated carbocycles. The van der Waals surface area contributed by atoms with E-state index in [1.807, 2.05) is 91.0 Å². The molecular weight excluding hydrogens is 1460 g/mol. The first kappa shape index (κ1) is 79.6. The van der Waals surface area contributed by atoms with E-state index >= 15 is 0 Å². The maximum Gasteiger partial charge on any atom is 0.410 e. The van der Waals surface area contributed by atoms with Gasteiger partial charge in [0.05, 0.1) is 88.1 Å². The molecule has 600 valence electrons. The van der Waals surface area contributed by atoms with Gasteiger partial charge in [0.25, 0.3) is 11.6 Å². The number of carbonyl (C=O) groups excluding carboxylic acids is 9. The van der Waals surface area contributed by atoms with Crippen LogP contribution in [0, 0.1) is 64.6 Å². The lowest BCUT2D eigenvalue weighted by atomic mass is 9.77. The Morgan fingerprint density at radius 1 is 0.703 bits per heavy atom. The Balaban J connectivity index is 0.000000185. The number of hydrogen-bond donors (Lipinski definition) is 2. The molecule has 5 aliphatic heterocycles. The van der Waals surface area contributed by atoms with Gasteiger partial charge in [-0.25, -0.2) is 21.6 Å². The highest BCUT2D eigenvalue weighted by Crippen LogP contribution is 2.60. The first-order chi connectivity index (χ1) is 52.5. The maximum atomic E-state index is 14.9. The third-order valence-corrected chi connectivity index (χ3v) is 30.9. The molecule has 15 rings (SSSR count). The summed E-state index contributed by atoms with van der Waals surface area (Å²) >= 11 is 0. The molecule has 1 aromatic heterocycles. The third-order valence-electron chi connectivity index (χ3n) is 26.9. The summed E-state index contributed by atoms with van der Waals surface area (Å²) in [6.45, 7) is 19.6. The van der Waals surface area contributed by atoms with Crippen molar-refractivity contribution in [3.05, 3.63) is 99.9 Å². The Morgan fingerprint density at radius 2 is 1.34 bits per heavy atom. The molecule has 5 amide bonds. The molecule has 12 aliphatic rings. The molecule has 3 aromatic rings. The molecule has 9 fully saturated rings. The number of sulfonamides is 2. The zero-order valence-corrected chi connectivity index (χ0v) is 67.0. The monoisotopic (exact) mass is 1570 g/mol. The Labute approximate surface area is 650 Å². The summed E-state index contributed by atoms with van der Waals surface area (Å²) in [6, 6.07) is 9.48. The second-order valence-electron chi connectivity index (χ2n) is 36.2. The Hall–Kier alpha value is -8.07. The van der Waals surface area contributed by atoms with Crippen LogP contribution in [0.25, 0.3) is 17.0 Å². The molecule has 14 atom stereocenters. The number of esters is 2. The highest BCUT2D eigenvalue weighted by molar-refractivity contribution is 7.91. The topological polar surface area (TPSA) is 327 Å². The van der Waals surface area contributed by atoms with Crippen LogP contribution in [0.15, 0.2) is 72.1 Å². The van der Waals surface area contributed by atoms with Crippen LogP contribution in [0.1, 0.15) is 225 Å². The van der Waals surface area contributed by atoms with E-state index in [0.717, 1.165) is 92.9 Å². The summed E-state index contributed by atoms with van der Waals surface area (Å²) in [4.78, 5) is 150. The largest absolute Gasteiger partial charge is 0.459 e. The molecule has 6 bridgehead atoms. The van der Waals surface area contributed by atoms with Crippen molar-refractivity contribution < 1.29 is 78.9 Å². The summed E-state index contributed by atoms with van der Waals surface area (Å²) in [5.41, 5.74) is -0.164. The number of ketones is 2. The maximum absolute atomic E-state index is 14.9. The Morgan fingerprint density at radius 3 is 1.97 bits per heavy atom. The highest BCUT2D eigenvalue weighted by atomic mass is 32.2. The predicted octanol–water partition coefficient (Wildman–Crippen LogP) is 10.7. The molecule has 7 aliphatic carbocycles. The number of hydrogen-bond acceptors (Lipinski definition) is 19. The van der Waals surface area contributed by atoms with Crippen molar-refractivity contribution >= 4 is 90.3 Å². The number of rotatable bonds is 15. The summed E-state index contributed by atoms with van der Waals surface area (Å²) in [7, 11) is -7.80. The second kappa shape index (κ2) is 30.0. The molecular formula is C84H109N7O18S2. The van der Waals surface area contributed by atoms with Gasteiger partial charge in [-0.1, -0.05) is 102 Å². The summed E-state index contributed by atoms with van der Waals surface area (Å²) in [6.07, 6.45) is 19.1. The van der Waals surface area contributed by atoms with E-state index in [1.165, 1.54) is 14.4 Å². The van der Waals surface area contributed by atoms with Gasteiger partial charge in [0, 0.05) is 50.6 Å². The van der Waals surface area contributed by atoms with E-state index in [-0.39, 0.29) is 112 Å². The Kier molecular flexibility index (Phi) is 21.5. The SMILES string of the molecule is C=C[C@@H]1C[C@]1(CC(=O)[C@@H]1C[C@@H]2CN1C(=O)[C@H](C(C)(C)C)CC(=O)O[C@]1(C)C[C@H]1CCC/C=C/c1cccc3c1CN(C3)C(=O)O2)C(=O)NS(=O)(=O)C1(C)CC1.CC[C@@H]1C[C@]1(CC(=O)[C@@H]1C[C@@H]2CN1C(=O)[C@H](C1CCCC1)CC(=O)O[C@]1(C)C[C@H]1CC/C=C/Cn1c(nc3cc(C)ccc3c1=O)O2)C(=O)NS(=O)(=O)C1CC1. The zero-order valence-electron chi connectivity index (χ0n) is 65.4. The van der Waals surface area contributed by atoms with Crippen molar-refractivity contribution in [3.8, 4) is 6.01 Å². The summed E-state index contributed by atoms with van der Waals surface area (Å²) in [5.74, 6) is -5.67. The van der Waals surface area contributed by atoms with Crippen molar-refractivity contribution in [3.63, 3.8) is 0 Å². The summed E-state index contributed by atoms with van der Waals surface area (Å²) < 4.78 is 81.5. The van der Waals surface area contributed by atoms with Crippen LogP contribution in [-0.2, 0) is 92.2 Å². The van der Waals surface area contributed by atoms with Gasteiger partial charge in [0.15, 0.2) is 11.6 Å². The standard InChI is InChI=1S/C42H54N4O9S.C42H55N3O9S/c1-4-27-22-42(27,39(51)44-56(52,53)30-14-15-30)23-35(47)34-19-29-24-46(34)38(50)32(26-10-7-8-11-26)20-36(48)55-41(3)21-28(41)12-6-5-9-17-45-37(49)31-16-13-25(2)18-33(31)43-40(45)54-29;1-7-28-21-42(28,37(49)43-55(51,52)40(5)16-17-40)22-34(46)33-18-30-24-45(33)36(48)32(39(2,3)4)19-35(47)54-41(6)20-29(41)15-10-8-9-12-26-13-11-14-27-23-44(25-31(26)27)38(50)53-30/h5,9,13,16,18,26-30,32,34H,4,6-8,10-12,14-15,17,19-24H2,1-3H3,(H,44,51);7,9,11-14,28-30,32-33H,1,8,10,15-25H2,2-6H3,(H,43,49)/b9-5+;12-9+/t27-,28-,29-,32+,34+,41-,42-;28-,29-,30-,32-,33+,41-,42-/m11/s1. The van der Waals surface area contributed by atoms with E-state index in [9.17, 15) is 64.8 Å². The molecule has 0 radical (unpaired) electrons. The lowest BCUT2D eigenvalue weighted by Crippen LogP contribution is -2.49. The number of Topliss-reactive ketones (excluding diaryl/α,β-unsaturated/α-hetero) is 2. The third kappa shape index (κ3) is 16.4. The first-order valence-corrected chi connectivity index (χ1v) is 43.4. The number of nitrogens with zero attached hydrogens (tertiary/aromatic N) is 5. The van der Waals surface area contributed by atoms with Crippen LogP contribution in [0.5, 0.6) is 6.01 Å². The quantitative estimate of drug-likeness (QED) is 0.0811. The number of allylic oxidation sites excluding steroid dienone is 4. The lowest BCUT2D eigenvalue weighted by molar-refractivity contribution is -0.158. The van der Waals surface area contributed by atoms with E-state index in [4.69, 9.17) is 23.9 Å². The number of aromatic nitrogens is 2. The number of nitrogens with one attached hydrogen (secondary N) is 2. The molecule has 2 saturated heterocycles. The molecule has 111 heavy (non-hydrogen) atoms. The number of ether oxygens (including phenoxy) is 4. The molecule has 0 unspecified atom stereocenters. The lowest BCUT2D eigenvalue weighted by Gasteiger charge is -2.35. The fraction of sp³-hybridized carbons (Fsp3) is 0.655. The van der Waals surface area contributed by atoms with Crippen LogP contribution < -0.4 is 19.7 Å². The second-order valence-corrected chi connectivity index (χ2v) is 40.3. The number of aryl methyl sites for hydroxylation is 1. The van der Waals surface area contributed by atoms with Crippen molar-refractivity contribution in [2.75, 3.05) is 13.1 Å². The van der Waals surface area contributed by atoms with Gasteiger partial charge in [-0.2, -0.15) is 4.98 Å². The van der Waals surface area contributed by atoms with Gasteiger partial charge in [-0.05, 0) is 182 Å². The van der Waals surface area contributed by atoms with E-state index in [2.05, 4.69) is 28.2 Å². The van der Waals surface area contributed by atoms with E-state index in [1.54, 1.807) is 24.0 Å². The highest BCUT2D eigenvalue weighted by Gasteiger charge is 2.65. The Bertz CT molecular complexity index is 4670. The minimum atomic E-state index is -3.97. The molecule has 2 aromatic carbocycles. The molecule has 0 spiro atoms. The predicted molar refractivity (Wildman–Crippen MR) is 411 cm³/mol. The number of fused-ring (bicyclic) bond motifs is 9. The van der Waals surface area contributed by atoms with Gasteiger partial charge in [-0.15, -0.1) is 6.58 Å². The van der Waals surface area contributed by atoms with Crippen LogP contribution in [0.3, 0.4) is 0 Å². The van der Waals surface area contributed by atoms with Crippen molar-refractivity contribution in [2.45, 2.75) is 275 Å². The average molecular weight is 1570 g/mol. The van der Waals surface area contributed by atoms with E-state index < -0.39 is 141 Å². The van der Waals surface area contributed by atoms with Crippen molar-refractivity contribution in [1.29, 1.82) is 0 Å². The van der Waals surface area contributed by atoms with Crippen molar-refractivity contribution in [1.82, 2.24) is 33.7 Å². The molecule has 2 N–H and O–H groups in total. The first-order valence-electron chi connectivity index (χ1n) is 40.4. The molecule has 25 nitrogen and oxygen atoms in total. The van der Waals surface area contributed by atoms with Gasteiger partial charge in [-0.3, -0.25) is 62.1 Å². The minimum Gasteiger partial charge on any atom is -0.459 e. The van der Waals surface area contributed by atoms with Gasteiger partial charge < -0.3 is 28.7 Å². The van der Waals surface area contributed by atoms with Gasteiger partial charge in [0.2, 0.25) is 43.7 Å². The van der Waals surface area contributed by atoms with Crippen molar-refractivity contribution in [2.24, 2.45) is 57.7 Å².